The fourth-order valence-corrected chi connectivity index (χ4v) is 5.39. The number of amides is 1. The number of fused-ring (bicyclic) bond motifs is 3. The van der Waals surface area contributed by atoms with Crippen LogP contribution in [0.2, 0.25) is 0 Å². The molecule has 0 radical (unpaired) electrons. The molecule has 1 aromatic heterocycles. The Morgan fingerprint density at radius 2 is 2.04 bits per heavy atom. The topological polar surface area (TPSA) is 59.1 Å². The Bertz CT molecular complexity index is 813. The summed E-state index contributed by atoms with van der Waals surface area (Å²) in [6.07, 6.45) is 7.95. The highest BCUT2D eigenvalue weighted by molar-refractivity contribution is 7.22. The van der Waals surface area contributed by atoms with Gasteiger partial charge in [0.1, 0.15) is 5.78 Å². The molecule has 1 amide bonds. The van der Waals surface area contributed by atoms with Crippen molar-refractivity contribution < 1.29 is 9.59 Å². The number of anilines is 1. The molecule has 1 N–H and O–H groups in total. The molecule has 0 spiro atoms. The number of carbonyl (C=O) groups is 2. The molecule has 0 aliphatic heterocycles. The summed E-state index contributed by atoms with van der Waals surface area (Å²) >= 11 is 1.55. The fraction of sp³-hybridized carbons (Fsp3) is 0.571. The van der Waals surface area contributed by atoms with Crippen LogP contribution >= 0.6 is 11.3 Å². The zero-order chi connectivity index (χ0) is 18.1. The average Bonchev–Trinajstić information content (AvgIpc) is 3.01. The SMILES string of the molecule is CCCCc1ccc2nc(NC(=O)C3CC4CCCC(C3)C4=O)sc2c1. The second-order valence-corrected chi connectivity index (χ2v) is 8.84. The Morgan fingerprint density at radius 3 is 2.77 bits per heavy atom. The van der Waals surface area contributed by atoms with E-state index in [0.29, 0.717) is 23.8 Å². The smallest absolute Gasteiger partial charge is 0.229 e. The Kier molecular flexibility index (Phi) is 5.07. The highest BCUT2D eigenvalue weighted by Crippen LogP contribution is 2.40. The van der Waals surface area contributed by atoms with Crippen molar-refractivity contribution in [3.8, 4) is 0 Å². The van der Waals surface area contributed by atoms with Crippen molar-refractivity contribution in [1.29, 1.82) is 0 Å². The average molecular weight is 371 g/mol. The van der Waals surface area contributed by atoms with Crippen LogP contribution in [0.4, 0.5) is 5.13 Å². The van der Waals surface area contributed by atoms with E-state index >= 15 is 0 Å². The number of aromatic nitrogens is 1. The van der Waals surface area contributed by atoms with Crippen LogP contribution < -0.4 is 5.32 Å². The van der Waals surface area contributed by atoms with Gasteiger partial charge in [0.15, 0.2) is 5.13 Å². The molecule has 2 aromatic rings. The van der Waals surface area contributed by atoms with Crippen molar-refractivity contribution in [3.63, 3.8) is 0 Å². The second-order valence-electron chi connectivity index (χ2n) is 7.81. The van der Waals surface area contributed by atoms with Crippen LogP contribution in [0, 0.1) is 17.8 Å². The van der Waals surface area contributed by atoms with Crippen molar-refractivity contribution in [2.45, 2.75) is 58.3 Å². The zero-order valence-electron chi connectivity index (χ0n) is 15.3. The van der Waals surface area contributed by atoms with Crippen LogP contribution in [0.15, 0.2) is 18.2 Å². The van der Waals surface area contributed by atoms with Crippen LogP contribution in [0.1, 0.15) is 57.4 Å². The third-order valence-corrected chi connectivity index (χ3v) is 6.85. The van der Waals surface area contributed by atoms with Crippen LogP contribution in [0.5, 0.6) is 0 Å². The number of Topliss-reactive ketones (excluding diaryl/α,β-unsaturated/α-hetero) is 1. The van der Waals surface area contributed by atoms with E-state index in [1.807, 2.05) is 0 Å². The van der Waals surface area contributed by atoms with Crippen molar-refractivity contribution in [1.82, 2.24) is 4.98 Å². The number of rotatable bonds is 5. The number of ketones is 1. The molecule has 2 atom stereocenters. The van der Waals surface area contributed by atoms with Crippen molar-refractivity contribution in [2.75, 3.05) is 5.32 Å². The standard InChI is InChI=1S/C21H26N2O2S/c1-2-3-5-13-8-9-17-18(10-13)26-21(22-17)23-20(25)16-11-14-6-4-7-15(12-16)19(14)24/h8-10,14-16H,2-7,11-12H2,1H3,(H,22,23,25). The molecule has 2 aliphatic carbocycles. The number of unbranched alkanes of at least 4 members (excludes halogenated alkanes) is 1. The largest absolute Gasteiger partial charge is 0.302 e. The Balaban J connectivity index is 1.45. The van der Waals surface area contributed by atoms with Gasteiger partial charge in [-0.05, 0) is 56.2 Å². The summed E-state index contributed by atoms with van der Waals surface area (Å²) in [7, 11) is 0. The molecule has 138 valence electrons. The van der Waals surface area contributed by atoms with Gasteiger partial charge in [0.25, 0.3) is 0 Å². The minimum absolute atomic E-state index is 0.0414. The van der Waals surface area contributed by atoms with Gasteiger partial charge in [-0.1, -0.05) is 37.2 Å². The van der Waals surface area contributed by atoms with Gasteiger partial charge in [-0.2, -0.15) is 0 Å². The van der Waals surface area contributed by atoms with E-state index < -0.39 is 0 Å². The molecular formula is C21H26N2O2S. The summed E-state index contributed by atoms with van der Waals surface area (Å²) in [5.74, 6) is 0.610. The van der Waals surface area contributed by atoms with Gasteiger partial charge in [-0.25, -0.2) is 4.98 Å². The molecule has 4 rings (SSSR count). The van der Waals surface area contributed by atoms with Crippen molar-refractivity contribution in [3.05, 3.63) is 23.8 Å². The number of nitrogens with one attached hydrogen (secondary N) is 1. The van der Waals surface area contributed by atoms with Crippen molar-refractivity contribution >= 4 is 38.4 Å². The van der Waals surface area contributed by atoms with E-state index in [-0.39, 0.29) is 23.7 Å². The lowest BCUT2D eigenvalue weighted by Crippen LogP contribution is -2.40. The highest BCUT2D eigenvalue weighted by Gasteiger charge is 2.41. The number of aryl methyl sites for hydroxylation is 1. The van der Waals surface area contributed by atoms with Gasteiger partial charge >= 0.3 is 0 Å². The number of benzene rings is 1. The number of thiazole rings is 1. The van der Waals surface area contributed by atoms with Crippen LogP contribution in [-0.2, 0) is 16.0 Å². The monoisotopic (exact) mass is 370 g/mol. The number of hydrogen-bond donors (Lipinski definition) is 1. The summed E-state index contributed by atoms with van der Waals surface area (Å²) in [4.78, 5) is 29.5. The summed E-state index contributed by atoms with van der Waals surface area (Å²) in [5.41, 5.74) is 2.28. The van der Waals surface area contributed by atoms with Crippen LogP contribution in [0.3, 0.4) is 0 Å². The quantitative estimate of drug-likeness (QED) is 0.808. The predicted molar refractivity (Wildman–Crippen MR) is 105 cm³/mol. The van der Waals surface area contributed by atoms with E-state index in [4.69, 9.17) is 0 Å². The van der Waals surface area contributed by atoms with Gasteiger partial charge in [0.05, 0.1) is 10.2 Å². The molecule has 5 heteroatoms. The Hall–Kier alpha value is -1.75. The normalized spacial score (nSPS) is 25.4. The summed E-state index contributed by atoms with van der Waals surface area (Å²) in [5, 5.41) is 3.71. The maximum atomic E-state index is 12.7. The van der Waals surface area contributed by atoms with E-state index in [9.17, 15) is 9.59 Å². The van der Waals surface area contributed by atoms with Crippen LogP contribution in [-0.4, -0.2) is 16.7 Å². The first-order chi connectivity index (χ1) is 12.6. The number of carbonyl (C=O) groups excluding carboxylic acids is 2. The van der Waals surface area contributed by atoms with Crippen molar-refractivity contribution in [2.24, 2.45) is 17.8 Å². The molecule has 2 saturated carbocycles. The van der Waals surface area contributed by atoms with Gasteiger partial charge < -0.3 is 5.32 Å². The van der Waals surface area contributed by atoms with Gasteiger partial charge in [0.2, 0.25) is 5.91 Å². The predicted octanol–water partition coefficient (Wildman–Crippen LogP) is 4.97. The fourth-order valence-electron chi connectivity index (χ4n) is 4.46. The molecule has 1 aromatic carbocycles. The molecule has 4 nitrogen and oxygen atoms in total. The van der Waals surface area contributed by atoms with Crippen LogP contribution in [0.25, 0.3) is 10.2 Å². The maximum Gasteiger partial charge on any atom is 0.229 e. The Morgan fingerprint density at radius 1 is 1.27 bits per heavy atom. The van der Waals surface area contributed by atoms with E-state index in [1.54, 1.807) is 11.3 Å². The summed E-state index contributed by atoms with van der Waals surface area (Å²) in [6.45, 7) is 2.20. The molecule has 2 unspecified atom stereocenters. The van der Waals surface area contributed by atoms with Gasteiger partial charge in [-0.3, -0.25) is 9.59 Å². The van der Waals surface area contributed by atoms with Gasteiger partial charge in [0, 0.05) is 17.8 Å². The Labute approximate surface area is 158 Å². The molecule has 2 fully saturated rings. The van der Waals surface area contributed by atoms with Gasteiger partial charge in [-0.15, -0.1) is 0 Å². The zero-order valence-corrected chi connectivity index (χ0v) is 16.1. The maximum absolute atomic E-state index is 12.7. The molecule has 0 saturated heterocycles. The third kappa shape index (κ3) is 3.54. The molecule has 1 heterocycles. The summed E-state index contributed by atoms with van der Waals surface area (Å²) < 4.78 is 1.13. The molecule has 26 heavy (non-hydrogen) atoms. The first-order valence-corrected chi connectivity index (χ1v) is 10.7. The molecule has 2 bridgehead atoms. The van der Waals surface area contributed by atoms with E-state index in [2.05, 4.69) is 35.4 Å². The lowest BCUT2D eigenvalue weighted by molar-refractivity contribution is -0.136. The number of nitrogens with zero attached hydrogens (tertiary/aromatic N) is 1. The minimum atomic E-state index is -0.0462. The lowest BCUT2D eigenvalue weighted by Gasteiger charge is -2.36. The number of hydrogen-bond acceptors (Lipinski definition) is 4. The van der Waals surface area contributed by atoms with E-state index in [1.165, 1.54) is 18.4 Å². The molecule has 2 aliphatic rings. The first-order valence-electron chi connectivity index (χ1n) is 9.88. The minimum Gasteiger partial charge on any atom is -0.302 e. The first kappa shape index (κ1) is 17.7. The summed E-state index contributed by atoms with van der Waals surface area (Å²) in [6, 6.07) is 6.38. The second kappa shape index (κ2) is 7.47. The third-order valence-electron chi connectivity index (χ3n) is 5.92. The highest BCUT2D eigenvalue weighted by atomic mass is 32.1. The van der Waals surface area contributed by atoms with E-state index in [0.717, 1.165) is 35.9 Å². The lowest BCUT2D eigenvalue weighted by atomic mass is 9.67. The molecular weight excluding hydrogens is 344 g/mol.